The summed E-state index contributed by atoms with van der Waals surface area (Å²) in [6.45, 7) is 4.91. The first-order chi connectivity index (χ1) is 17.2. The number of nitrogens with zero attached hydrogens (tertiary/aromatic N) is 3. The van der Waals surface area contributed by atoms with Gasteiger partial charge in [0.1, 0.15) is 0 Å². The van der Waals surface area contributed by atoms with Gasteiger partial charge in [0.2, 0.25) is 5.91 Å². The topological polar surface area (TPSA) is 63.6 Å². The molecule has 5 rings (SSSR count). The number of methoxy groups -OCH3 is 2. The molecule has 1 saturated heterocycles. The maximum Gasteiger partial charge on any atom is 0.247 e. The highest BCUT2D eigenvalue weighted by Crippen LogP contribution is 2.37. The van der Waals surface area contributed by atoms with E-state index < -0.39 is 0 Å². The van der Waals surface area contributed by atoms with E-state index in [1.54, 1.807) is 19.2 Å². The molecule has 3 aliphatic rings. The molecule has 184 valence electrons. The molecule has 35 heavy (non-hydrogen) atoms. The van der Waals surface area contributed by atoms with Crippen LogP contribution in [0.25, 0.3) is 0 Å². The van der Waals surface area contributed by atoms with E-state index >= 15 is 0 Å². The average molecular weight is 476 g/mol. The van der Waals surface area contributed by atoms with Gasteiger partial charge in [0, 0.05) is 31.1 Å². The number of amides is 1. The maximum atomic E-state index is 13.4. The van der Waals surface area contributed by atoms with Crippen molar-refractivity contribution in [1.29, 1.82) is 0 Å². The van der Waals surface area contributed by atoms with E-state index in [0.717, 1.165) is 62.5 Å². The summed E-state index contributed by atoms with van der Waals surface area (Å²) in [5.41, 5.74) is 4.24. The Morgan fingerprint density at radius 3 is 2.23 bits per heavy atom. The highest BCUT2D eigenvalue weighted by Gasteiger charge is 2.40. The number of fused-ring (bicyclic) bond motifs is 1. The number of carbonyl (C=O) groups excluding carboxylic acids is 1. The monoisotopic (exact) mass is 475 g/mol. The molecule has 0 radical (unpaired) electrons. The van der Waals surface area contributed by atoms with Gasteiger partial charge in [-0.15, -0.1) is 0 Å². The Kier molecular flexibility index (Phi) is 7.16. The Labute approximate surface area is 207 Å². The zero-order chi connectivity index (χ0) is 24.2. The molecule has 0 saturated carbocycles. The zero-order valence-electron chi connectivity index (χ0n) is 20.5. The number of ether oxygens (including phenoxy) is 3. The standard InChI is InChI=1S/C28H33N3O4/c1-33-25-12-11-22(17-26(25)34-2)27-23-5-3-4-6-24(23)28(32)31(29-27)19-21-9-7-20(8-10-21)18-30-13-15-35-16-14-30/h3-4,7-12,17,23-24H,5-6,13-16,18-19H2,1-2H3/t23-,24+/m1/s1. The molecule has 0 N–H and O–H groups in total. The molecule has 0 unspecified atom stereocenters. The minimum absolute atomic E-state index is 0.0674. The average Bonchev–Trinajstić information content (AvgIpc) is 2.91. The highest BCUT2D eigenvalue weighted by molar-refractivity contribution is 6.07. The van der Waals surface area contributed by atoms with E-state index in [1.807, 2.05) is 18.2 Å². The van der Waals surface area contributed by atoms with Gasteiger partial charge in [-0.25, -0.2) is 5.01 Å². The van der Waals surface area contributed by atoms with Gasteiger partial charge in [0.05, 0.1) is 45.6 Å². The molecule has 2 aromatic rings. The third-order valence-electron chi connectivity index (χ3n) is 7.13. The van der Waals surface area contributed by atoms with Crippen molar-refractivity contribution in [3.8, 4) is 11.5 Å². The van der Waals surface area contributed by atoms with Crippen molar-refractivity contribution in [3.05, 3.63) is 71.3 Å². The maximum absolute atomic E-state index is 13.4. The summed E-state index contributed by atoms with van der Waals surface area (Å²) in [7, 11) is 3.26. The van der Waals surface area contributed by atoms with Crippen molar-refractivity contribution >= 4 is 11.6 Å². The van der Waals surface area contributed by atoms with Crippen LogP contribution in [0.15, 0.2) is 59.7 Å². The summed E-state index contributed by atoms with van der Waals surface area (Å²) < 4.78 is 16.4. The molecular formula is C28H33N3O4. The zero-order valence-corrected chi connectivity index (χ0v) is 20.5. The number of rotatable bonds is 7. The van der Waals surface area contributed by atoms with Crippen molar-refractivity contribution in [2.45, 2.75) is 25.9 Å². The summed E-state index contributed by atoms with van der Waals surface area (Å²) in [6.07, 6.45) is 5.83. The van der Waals surface area contributed by atoms with E-state index in [9.17, 15) is 4.79 Å². The van der Waals surface area contributed by atoms with Crippen LogP contribution < -0.4 is 9.47 Å². The third-order valence-corrected chi connectivity index (χ3v) is 7.13. The summed E-state index contributed by atoms with van der Waals surface area (Å²) in [4.78, 5) is 15.8. The van der Waals surface area contributed by atoms with Crippen molar-refractivity contribution < 1.29 is 19.0 Å². The third kappa shape index (κ3) is 5.11. The largest absolute Gasteiger partial charge is 0.493 e. The molecule has 2 aliphatic heterocycles. The number of allylic oxidation sites excluding steroid dienone is 2. The van der Waals surface area contributed by atoms with Crippen molar-refractivity contribution in [2.24, 2.45) is 16.9 Å². The van der Waals surface area contributed by atoms with Crippen LogP contribution >= 0.6 is 0 Å². The Hall–Kier alpha value is -3.16. The molecule has 0 spiro atoms. The quantitative estimate of drug-likeness (QED) is 0.569. The van der Waals surface area contributed by atoms with Gasteiger partial charge < -0.3 is 14.2 Å². The van der Waals surface area contributed by atoms with Crippen molar-refractivity contribution in [1.82, 2.24) is 9.91 Å². The fourth-order valence-corrected chi connectivity index (χ4v) is 5.16. The van der Waals surface area contributed by atoms with E-state index in [-0.39, 0.29) is 17.7 Å². The summed E-state index contributed by atoms with van der Waals surface area (Å²) in [5.74, 6) is 1.41. The van der Waals surface area contributed by atoms with E-state index in [4.69, 9.17) is 19.3 Å². The fraction of sp³-hybridized carbons (Fsp3) is 0.429. The highest BCUT2D eigenvalue weighted by atomic mass is 16.5. The van der Waals surface area contributed by atoms with Gasteiger partial charge in [0.25, 0.3) is 0 Å². The molecule has 7 nitrogen and oxygen atoms in total. The Balaban J connectivity index is 1.38. The van der Waals surface area contributed by atoms with Crippen molar-refractivity contribution in [2.75, 3.05) is 40.5 Å². The first kappa shape index (κ1) is 23.6. The van der Waals surface area contributed by atoms with Crippen LogP contribution in [0.3, 0.4) is 0 Å². The Bertz CT molecular complexity index is 1110. The summed E-state index contributed by atoms with van der Waals surface area (Å²) in [5, 5.41) is 6.56. The van der Waals surface area contributed by atoms with Crippen LogP contribution in [0.1, 0.15) is 29.5 Å². The van der Waals surface area contributed by atoms with Gasteiger partial charge in [-0.2, -0.15) is 5.10 Å². The molecule has 1 amide bonds. The van der Waals surface area contributed by atoms with Crippen LogP contribution in [-0.2, 0) is 22.6 Å². The Morgan fingerprint density at radius 1 is 0.886 bits per heavy atom. The summed E-state index contributed by atoms with van der Waals surface area (Å²) >= 11 is 0. The first-order valence-electron chi connectivity index (χ1n) is 12.3. The van der Waals surface area contributed by atoms with E-state index in [2.05, 4.69) is 41.3 Å². The van der Waals surface area contributed by atoms with Gasteiger partial charge in [-0.3, -0.25) is 9.69 Å². The number of benzene rings is 2. The number of morpholine rings is 1. The number of carbonyl (C=O) groups is 1. The predicted octanol–water partition coefficient (Wildman–Crippen LogP) is 3.86. The second kappa shape index (κ2) is 10.6. The van der Waals surface area contributed by atoms with E-state index in [0.29, 0.717) is 18.0 Å². The second-order valence-corrected chi connectivity index (χ2v) is 9.31. The van der Waals surface area contributed by atoms with Crippen LogP contribution in [0, 0.1) is 11.8 Å². The van der Waals surface area contributed by atoms with Crippen molar-refractivity contribution in [3.63, 3.8) is 0 Å². The predicted molar refractivity (Wildman–Crippen MR) is 135 cm³/mol. The second-order valence-electron chi connectivity index (χ2n) is 9.31. The summed E-state index contributed by atoms with van der Waals surface area (Å²) in [6, 6.07) is 14.4. The first-order valence-corrected chi connectivity index (χ1v) is 12.3. The van der Waals surface area contributed by atoms with Gasteiger partial charge in [-0.05, 0) is 42.2 Å². The molecular weight excluding hydrogens is 442 g/mol. The molecule has 1 fully saturated rings. The lowest BCUT2D eigenvalue weighted by molar-refractivity contribution is -0.138. The number of hydrogen-bond donors (Lipinski definition) is 0. The van der Waals surface area contributed by atoms with Gasteiger partial charge >= 0.3 is 0 Å². The number of hydrogen-bond acceptors (Lipinski definition) is 6. The molecule has 1 aliphatic carbocycles. The van der Waals surface area contributed by atoms with E-state index in [1.165, 1.54) is 5.56 Å². The number of hydrazone groups is 1. The smallest absolute Gasteiger partial charge is 0.247 e. The minimum Gasteiger partial charge on any atom is -0.493 e. The van der Waals surface area contributed by atoms with Crippen LogP contribution in [-0.4, -0.2) is 62.1 Å². The van der Waals surface area contributed by atoms with Crippen LogP contribution in [0.2, 0.25) is 0 Å². The molecule has 2 atom stereocenters. The molecule has 7 heteroatoms. The normalized spacial score (nSPS) is 22.5. The lowest BCUT2D eigenvalue weighted by Crippen LogP contribution is -2.45. The molecule has 0 aromatic heterocycles. The van der Waals surface area contributed by atoms with Crippen LogP contribution in [0.4, 0.5) is 0 Å². The fourth-order valence-electron chi connectivity index (χ4n) is 5.16. The molecule has 0 bridgehead atoms. The Morgan fingerprint density at radius 2 is 1.54 bits per heavy atom. The SMILES string of the molecule is COc1ccc(C2=NN(Cc3ccc(CN4CCOCC4)cc3)C(=O)[C@H]3CC=CC[C@@H]23)cc1OC. The lowest BCUT2D eigenvalue weighted by atomic mass is 9.76. The molecule has 2 heterocycles. The van der Waals surface area contributed by atoms with Crippen LogP contribution in [0.5, 0.6) is 11.5 Å². The van der Waals surface area contributed by atoms with Gasteiger partial charge in [0.15, 0.2) is 11.5 Å². The van der Waals surface area contributed by atoms with Gasteiger partial charge in [-0.1, -0.05) is 36.4 Å². The lowest BCUT2D eigenvalue weighted by Gasteiger charge is -2.37. The molecule has 2 aromatic carbocycles. The minimum atomic E-state index is -0.0961.